The van der Waals surface area contributed by atoms with Crippen LogP contribution in [0, 0.1) is 0 Å². The fourth-order valence-corrected chi connectivity index (χ4v) is 5.97. The number of hydrogen-bond donors (Lipinski definition) is 1. The van der Waals surface area contributed by atoms with Crippen LogP contribution in [0.1, 0.15) is 67.8 Å². The summed E-state index contributed by atoms with van der Waals surface area (Å²) in [6, 6.07) is 20.7. The number of piperidine rings is 1. The molecule has 41 heavy (non-hydrogen) atoms. The Morgan fingerprint density at radius 3 is 2.29 bits per heavy atom. The van der Waals surface area contributed by atoms with E-state index in [1.807, 2.05) is 59.5 Å². The molecule has 3 aromatic carbocycles. The normalized spacial score (nSPS) is 16.0. The first-order valence-corrected chi connectivity index (χ1v) is 14.6. The predicted octanol–water partition coefficient (Wildman–Crippen LogP) is 7.09. The fraction of sp³-hybridized carbons (Fsp3) is 0.364. The number of aromatic nitrogens is 2. The smallest absolute Gasteiger partial charge is 0.335 e. The summed E-state index contributed by atoms with van der Waals surface area (Å²) >= 11 is 0. The Labute approximate surface area is 239 Å². The first-order valence-electron chi connectivity index (χ1n) is 14.6. The molecular weight excluding hydrogens is 518 g/mol. The highest BCUT2D eigenvalue weighted by molar-refractivity contribution is 5.93. The zero-order valence-electron chi connectivity index (χ0n) is 23.1. The number of likely N-dealkylation sites (tertiary alicyclic amines) is 1. The van der Waals surface area contributed by atoms with Crippen LogP contribution in [0.4, 0.5) is 0 Å². The van der Waals surface area contributed by atoms with E-state index < -0.39 is 5.97 Å². The van der Waals surface area contributed by atoms with Crippen molar-refractivity contribution in [1.29, 1.82) is 0 Å². The molecule has 6 rings (SSSR count). The molecule has 0 unspecified atom stereocenters. The molecule has 1 aromatic heterocycles. The molecule has 1 saturated carbocycles. The number of imidazole rings is 1. The highest BCUT2D eigenvalue weighted by atomic mass is 16.5. The van der Waals surface area contributed by atoms with Crippen LogP contribution in [0.3, 0.4) is 0 Å². The zero-order chi connectivity index (χ0) is 28.2. The Morgan fingerprint density at radius 1 is 0.854 bits per heavy atom. The Kier molecular flexibility index (Phi) is 7.89. The van der Waals surface area contributed by atoms with E-state index in [-0.39, 0.29) is 18.1 Å². The Morgan fingerprint density at radius 2 is 1.56 bits per heavy atom. The van der Waals surface area contributed by atoms with Gasteiger partial charge in [0.25, 0.3) is 5.91 Å². The molecule has 4 aromatic rings. The number of carboxylic acid groups (broad SMARTS) is 1. The van der Waals surface area contributed by atoms with E-state index in [4.69, 9.17) is 14.5 Å². The minimum Gasteiger partial charge on any atom is -0.480 e. The van der Waals surface area contributed by atoms with Gasteiger partial charge in [0.05, 0.1) is 16.6 Å². The lowest BCUT2D eigenvalue weighted by atomic mass is 9.95. The molecule has 1 N–H and O–H groups in total. The third kappa shape index (κ3) is 5.92. The van der Waals surface area contributed by atoms with Crippen molar-refractivity contribution in [2.75, 3.05) is 19.7 Å². The second-order valence-electron chi connectivity index (χ2n) is 10.9. The second-order valence-corrected chi connectivity index (χ2v) is 10.9. The SMILES string of the molecule is O=C(O)c1ccc2c(c1)nc(-c1ccc(Oc3ccccc3OCC(=O)N3CCCCC3)cc1)n2C1CCCCC1. The maximum absolute atomic E-state index is 12.6. The number of ether oxygens (including phenoxy) is 2. The van der Waals surface area contributed by atoms with Crippen molar-refractivity contribution in [2.24, 2.45) is 0 Å². The molecule has 1 aliphatic carbocycles. The van der Waals surface area contributed by atoms with E-state index in [1.54, 1.807) is 12.1 Å². The van der Waals surface area contributed by atoms with Crippen LogP contribution in [-0.2, 0) is 4.79 Å². The molecular formula is C33H35N3O5. The summed E-state index contributed by atoms with van der Waals surface area (Å²) in [6.45, 7) is 1.57. The Hall–Kier alpha value is -4.33. The minimum atomic E-state index is -0.956. The first-order chi connectivity index (χ1) is 20.1. The number of aromatic carboxylic acids is 1. The lowest BCUT2D eigenvalue weighted by molar-refractivity contribution is -0.134. The van der Waals surface area contributed by atoms with Crippen molar-refractivity contribution in [1.82, 2.24) is 14.5 Å². The summed E-state index contributed by atoms with van der Waals surface area (Å²) in [4.78, 5) is 31.0. The van der Waals surface area contributed by atoms with Gasteiger partial charge in [0.1, 0.15) is 11.6 Å². The summed E-state index contributed by atoms with van der Waals surface area (Å²) < 4.78 is 14.4. The molecule has 2 fully saturated rings. The molecule has 0 radical (unpaired) electrons. The van der Waals surface area contributed by atoms with E-state index in [0.717, 1.165) is 55.7 Å². The molecule has 2 heterocycles. The molecule has 1 saturated heterocycles. The lowest BCUT2D eigenvalue weighted by Gasteiger charge is -2.26. The van der Waals surface area contributed by atoms with Crippen molar-refractivity contribution in [2.45, 2.75) is 57.4 Å². The molecule has 0 atom stereocenters. The van der Waals surface area contributed by atoms with Gasteiger partial charge < -0.3 is 24.0 Å². The van der Waals surface area contributed by atoms with Crippen molar-refractivity contribution in [3.63, 3.8) is 0 Å². The average Bonchev–Trinajstić information content (AvgIpc) is 3.40. The number of carbonyl (C=O) groups excluding carboxylic acids is 1. The van der Waals surface area contributed by atoms with E-state index in [9.17, 15) is 14.7 Å². The molecule has 2 aliphatic rings. The third-order valence-electron chi connectivity index (χ3n) is 8.13. The summed E-state index contributed by atoms with van der Waals surface area (Å²) in [5.74, 6) is 1.58. The van der Waals surface area contributed by atoms with E-state index >= 15 is 0 Å². The summed E-state index contributed by atoms with van der Waals surface area (Å²) in [6.07, 6.45) is 9.01. The van der Waals surface area contributed by atoms with Crippen molar-refractivity contribution in [3.05, 3.63) is 72.3 Å². The van der Waals surface area contributed by atoms with E-state index in [2.05, 4.69) is 4.57 Å². The van der Waals surface area contributed by atoms with Gasteiger partial charge in [0, 0.05) is 24.7 Å². The van der Waals surface area contributed by atoms with Gasteiger partial charge in [-0.15, -0.1) is 0 Å². The molecule has 8 heteroatoms. The number of nitrogens with zero attached hydrogens (tertiary/aromatic N) is 3. The quantitative estimate of drug-likeness (QED) is 0.250. The van der Waals surface area contributed by atoms with Gasteiger partial charge in [-0.1, -0.05) is 31.4 Å². The third-order valence-corrected chi connectivity index (χ3v) is 8.13. The standard InChI is InChI=1S/C33H35N3O5/c37-31(35-19-7-2-8-20-35)22-40-29-11-5-6-12-30(29)41-26-16-13-23(14-17-26)32-34-27-21-24(33(38)39)15-18-28(27)36(32)25-9-3-1-4-10-25/h5-6,11-18,21,25H,1-4,7-10,19-20,22H2,(H,38,39). The van der Waals surface area contributed by atoms with Gasteiger partial charge in [0.2, 0.25) is 0 Å². The second kappa shape index (κ2) is 12.0. The topological polar surface area (TPSA) is 93.9 Å². The van der Waals surface area contributed by atoms with Crippen molar-refractivity contribution in [3.8, 4) is 28.6 Å². The summed E-state index contributed by atoms with van der Waals surface area (Å²) in [5.41, 5.74) is 2.82. The van der Waals surface area contributed by atoms with Gasteiger partial charge in [-0.25, -0.2) is 9.78 Å². The zero-order valence-corrected chi connectivity index (χ0v) is 23.1. The largest absolute Gasteiger partial charge is 0.480 e. The van der Waals surface area contributed by atoms with E-state index in [0.29, 0.717) is 28.8 Å². The number of carbonyl (C=O) groups is 2. The molecule has 8 nitrogen and oxygen atoms in total. The number of benzene rings is 3. The lowest BCUT2D eigenvalue weighted by Crippen LogP contribution is -2.38. The molecule has 1 aliphatic heterocycles. The number of amides is 1. The van der Waals surface area contributed by atoms with Crippen molar-refractivity contribution < 1.29 is 24.2 Å². The molecule has 0 bridgehead atoms. The van der Waals surface area contributed by atoms with Gasteiger partial charge >= 0.3 is 5.97 Å². The molecule has 0 spiro atoms. The fourth-order valence-electron chi connectivity index (χ4n) is 5.97. The van der Waals surface area contributed by atoms with Gasteiger partial charge in [-0.05, 0) is 86.7 Å². The van der Waals surface area contributed by atoms with Crippen LogP contribution in [-0.4, -0.2) is 51.1 Å². The van der Waals surface area contributed by atoms with Crippen molar-refractivity contribution >= 4 is 22.9 Å². The maximum atomic E-state index is 12.6. The number of carboxylic acids is 1. The highest BCUT2D eigenvalue weighted by Gasteiger charge is 2.23. The molecule has 1 amide bonds. The van der Waals surface area contributed by atoms with Gasteiger partial charge in [0.15, 0.2) is 18.1 Å². The van der Waals surface area contributed by atoms with Crippen LogP contribution in [0.25, 0.3) is 22.4 Å². The summed E-state index contributed by atoms with van der Waals surface area (Å²) in [5, 5.41) is 9.50. The highest BCUT2D eigenvalue weighted by Crippen LogP contribution is 2.37. The first kappa shape index (κ1) is 26.9. The number of rotatable bonds is 8. The minimum absolute atomic E-state index is 0.000172. The van der Waals surface area contributed by atoms with Gasteiger partial charge in [-0.3, -0.25) is 4.79 Å². The van der Waals surface area contributed by atoms with Crippen LogP contribution in [0.5, 0.6) is 17.2 Å². The van der Waals surface area contributed by atoms with Gasteiger partial charge in [-0.2, -0.15) is 0 Å². The predicted molar refractivity (Wildman–Crippen MR) is 157 cm³/mol. The average molecular weight is 554 g/mol. The van der Waals surface area contributed by atoms with Crippen LogP contribution in [0.2, 0.25) is 0 Å². The van der Waals surface area contributed by atoms with Crippen LogP contribution >= 0.6 is 0 Å². The number of hydrogen-bond acceptors (Lipinski definition) is 5. The van der Waals surface area contributed by atoms with Crippen LogP contribution < -0.4 is 9.47 Å². The Balaban J connectivity index is 1.23. The number of para-hydroxylation sites is 2. The Bertz CT molecular complexity index is 1530. The van der Waals surface area contributed by atoms with E-state index in [1.165, 1.54) is 25.7 Å². The monoisotopic (exact) mass is 553 g/mol. The summed E-state index contributed by atoms with van der Waals surface area (Å²) in [7, 11) is 0. The molecule has 212 valence electrons. The van der Waals surface area contributed by atoms with Crippen LogP contribution in [0.15, 0.2) is 66.7 Å². The number of fused-ring (bicyclic) bond motifs is 1. The maximum Gasteiger partial charge on any atom is 0.335 e.